The lowest BCUT2D eigenvalue weighted by atomic mass is 9.98. The van der Waals surface area contributed by atoms with Crippen molar-refractivity contribution in [3.05, 3.63) is 0 Å². The molecular formula is C10H15NO3S. The van der Waals surface area contributed by atoms with E-state index in [4.69, 9.17) is 0 Å². The van der Waals surface area contributed by atoms with Gasteiger partial charge in [-0.05, 0) is 12.8 Å². The van der Waals surface area contributed by atoms with Gasteiger partial charge in [-0.3, -0.25) is 9.59 Å². The van der Waals surface area contributed by atoms with E-state index in [1.54, 1.807) is 4.90 Å². The van der Waals surface area contributed by atoms with Crippen molar-refractivity contribution >= 4 is 29.9 Å². The maximum atomic E-state index is 11.5. The van der Waals surface area contributed by atoms with Gasteiger partial charge in [0.05, 0.1) is 0 Å². The van der Waals surface area contributed by atoms with E-state index in [0.29, 0.717) is 25.9 Å². The highest BCUT2D eigenvalue weighted by molar-refractivity contribution is 7.96. The molecule has 0 aliphatic carbocycles. The van der Waals surface area contributed by atoms with Gasteiger partial charge in [-0.25, -0.2) is 0 Å². The first-order chi connectivity index (χ1) is 7.15. The van der Waals surface area contributed by atoms with Crippen molar-refractivity contribution < 1.29 is 14.4 Å². The predicted octanol–water partition coefficient (Wildman–Crippen LogP) is 0.660. The van der Waals surface area contributed by atoms with Crippen LogP contribution in [0.15, 0.2) is 0 Å². The first kappa shape index (κ1) is 12.2. The predicted molar refractivity (Wildman–Crippen MR) is 58.6 cm³/mol. The Hall–Kier alpha value is -0.840. The number of likely N-dealkylation sites (tertiary alicyclic amines) is 1. The molecule has 1 amide bonds. The highest BCUT2D eigenvalue weighted by Crippen LogP contribution is 2.19. The molecule has 1 aliphatic heterocycles. The highest BCUT2D eigenvalue weighted by atomic mass is 32.1. The van der Waals surface area contributed by atoms with E-state index in [0.717, 1.165) is 6.29 Å². The Bertz CT molecular complexity index is 259. The van der Waals surface area contributed by atoms with Crippen LogP contribution in [-0.4, -0.2) is 35.3 Å². The molecule has 0 aromatic rings. The summed E-state index contributed by atoms with van der Waals surface area (Å²) in [7, 11) is 0. The lowest BCUT2D eigenvalue weighted by molar-refractivity contribution is -0.134. The Labute approximate surface area is 94.4 Å². The van der Waals surface area contributed by atoms with Crippen LogP contribution in [0, 0.1) is 5.92 Å². The Kier molecular flexibility index (Phi) is 4.81. The summed E-state index contributed by atoms with van der Waals surface area (Å²) in [5.41, 5.74) is 0. The van der Waals surface area contributed by atoms with E-state index >= 15 is 0 Å². The van der Waals surface area contributed by atoms with Crippen molar-refractivity contribution in [2.75, 3.05) is 13.1 Å². The SMILES string of the molecule is O=CCCC(=O)N1CCC(C(=O)S)CC1. The fourth-order valence-corrected chi connectivity index (χ4v) is 1.97. The maximum Gasteiger partial charge on any atom is 0.222 e. The number of amides is 1. The van der Waals surface area contributed by atoms with Crippen molar-refractivity contribution in [1.29, 1.82) is 0 Å². The Morgan fingerprint density at radius 1 is 1.33 bits per heavy atom. The minimum atomic E-state index is -0.0880. The molecule has 0 spiro atoms. The van der Waals surface area contributed by atoms with Crippen LogP contribution < -0.4 is 0 Å². The smallest absolute Gasteiger partial charge is 0.222 e. The molecule has 15 heavy (non-hydrogen) atoms. The number of nitrogens with zero attached hydrogens (tertiary/aromatic N) is 1. The van der Waals surface area contributed by atoms with Crippen LogP contribution in [-0.2, 0) is 14.4 Å². The lowest BCUT2D eigenvalue weighted by Gasteiger charge is -2.30. The average Bonchev–Trinajstić information content (AvgIpc) is 2.26. The Balaban J connectivity index is 2.33. The molecule has 5 heteroatoms. The third-order valence-electron chi connectivity index (χ3n) is 2.67. The molecule has 0 saturated carbocycles. The first-order valence-electron chi connectivity index (χ1n) is 5.09. The van der Waals surface area contributed by atoms with Crippen LogP contribution in [0.25, 0.3) is 0 Å². The van der Waals surface area contributed by atoms with Crippen LogP contribution in [0.3, 0.4) is 0 Å². The number of hydrogen-bond acceptors (Lipinski definition) is 3. The molecule has 1 fully saturated rings. The normalized spacial score (nSPS) is 17.5. The van der Waals surface area contributed by atoms with Crippen LogP contribution in [0.4, 0.5) is 0 Å². The number of carbonyl (C=O) groups excluding carboxylic acids is 3. The minimum Gasteiger partial charge on any atom is -0.343 e. The van der Waals surface area contributed by atoms with Crippen molar-refractivity contribution in [1.82, 2.24) is 4.90 Å². The molecular weight excluding hydrogens is 214 g/mol. The molecule has 0 bridgehead atoms. The zero-order valence-electron chi connectivity index (χ0n) is 8.52. The zero-order valence-corrected chi connectivity index (χ0v) is 9.41. The van der Waals surface area contributed by atoms with E-state index in [9.17, 15) is 14.4 Å². The zero-order chi connectivity index (χ0) is 11.3. The van der Waals surface area contributed by atoms with Gasteiger partial charge in [0.1, 0.15) is 6.29 Å². The average molecular weight is 229 g/mol. The van der Waals surface area contributed by atoms with Gasteiger partial charge in [-0.1, -0.05) is 0 Å². The molecule has 1 heterocycles. The summed E-state index contributed by atoms with van der Waals surface area (Å²) >= 11 is 3.79. The van der Waals surface area contributed by atoms with Crippen molar-refractivity contribution in [3.63, 3.8) is 0 Å². The van der Waals surface area contributed by atoms with Gasteiger partial charge in [0.25, 0.3) is 0 Å². The first-order valence-corrected chi connectivity index (χ1v) is 5.54. The van der Waals surface area contributed by atoms with Crippen molar-refractivity contribution in [2.24, 2.45) is 5.92 Å². The number of piperidine rings is 1. The summed E-state index contributed by atoms with van der Waals surface area (Å²) < 4.78 is 0. The summed E-state index contributed by atoms with van der Waals surface area (Å²) in [6.45, 7) is 1.21. The number of rotatable bonds is 4. The van der Waals surface area contributed by atoms with E-state index in [2.05, 4.69) is 12.6 Å². The van der Waals surface area contributed by atoms with Crippen molar-refractivity contribution in [3.8, 4) is 0 Å². The Morgan fingerprint density at radius 3 is 2.40 bits per heavy atom. The monoisotopic (exact) mass is 229 g/mol. The lowest BCUT2D eigenvalue weighted by Crippen LogP contribution is -2.39. The van der Waals surface area contributed by atoms with Gasteiger partial charge in [-0.15, -0.1) is 12.6 Å². The molecule has 1 saturated heterocycles. The molecule has 84 valence electrons. The van der Waals surface area contributed by atoms with Crippen LogP contribution >= 0.6 is 12.6 Å². The molecule has 0 unspecified atom stereocenters. The molecule has 0 radical (unpaired) electrons. The molecule has 1 rings (SSSR count). The van der Waals surface area contributed by atoms with Gasteiger partial charge in [-0.2, -0.15) is 0 Å². The van der Waals surface area contributed by atoms with Crippen LogP contribution in [0.2, 0.25) is 0 Å². The fraction of sp³-hybridized carbons (Fsp3) is 0.700. The fourth-order valence-electron chi connectivity index (χ4n) is 1.72. The molecule has 0 N–H and O–H groups in total. The summed E-state index contributed by atoms with van der Waals surface area (Å²) in [6.07, 6.45) is 2.69. The topological polar surface area (TPSA) is 54.5 Å². The highest BCUT2D eigenvalue weighted by Gasteiger charge is 2.25. The number of thiol groups is 1. The number of carbonyl (C=O) groups is 3. The molecule has 4 nitrogen and oxygen atoms in total. The summed E-state index contributed by atoms with van der Waals surface area (Å²) in [6, 6.07) is 0. The summed E-state index contributed by atoms with van der Waals surface area (Å²) in [5, 5.41) is -0.0880. The standard InChI is InChI=1S/C10H15NO3S/c12-7-1-2-9(13)11-5-3-8(4-6-11)10(14)15/h7-8H,1-6H2,(H,14,15). The second-order valence-electron chi connectivity index (χ2n) is 3.70. The van der Waals surface area contributed by atoms with Crippen molar-refractivity contribution in [2.45, 2.75) is 25.7 Å². The van der Waals surface area contributed by atoms with Gasteiger partial charge in [0.2, 0.25) is 5.91 Å². The van der Waals surface area contributed by atoms with E-state index in [1.807, 2.05) is 0 Å². The van der Waals surface area contributed by atoms with Crippen LogP contribution in [0.1, 0.15) is 25.7 Å². The van der Waals surface area contributed by atoms with Gasteiger partial charge < -0.3 is 9.69 Å². The number of hydrogen-bond donors (Lipinski definition) is 1. The van der Waals surface area contributed by atoms with E-state index in [1.165, 1.54) is 0 Å². The largest absolute Gasteiger partial charge is 0.343 e. The van der Waals surface area contributed by atoms with Gasteiger partial charge >= 0.3 is 0 Å². The van der Waals surface area contributed by atoms with Crippen LogP contribution in [0.5, 0.6) is 0 Å². The van der Waals surface area contributed by atoms with Gasteiger partial charge in [0, 0.05) is 31.8 Å². The third kappa shape index (κ3) is 3.66. The third-order valence-corrected chi connectivity index (χ3v) is 3.04. The van der Waals surface area contributed by atoms with Gasteiger partial charge in [0.15, 0.2) is 5.12 Å². The second kappa shape index (κ2) is 5.90. The summed E-state index contributed by atoms with van der Waals surface area (Å²) in [5.74, 6) is -0.00406. The second-order valence-corrected chi connectivity index (χ2v) is 4.14. The summed E-state index contributed by atoms with van der Waals surface area (Å²) in [4.78, 5) is 34.3. The molecule has 0 aromatic heterocycles. The molecule has 0 atom stereocenters. The Morgan fingerprint density at radius 2 is 1.93 bits per heavy atom. The maximum absolute atomic E-state index is 11.5. The van der Waals surface area contributed by atoms with E-state index < -0.39 is 0 Å². The molecule has 1 aliphatic rings. The minimum absolute atomic E-state index is 0.00663. The quantitative estimate of drug-likeness (QED) is 0.569. The van der Waals surface area contributed by atoms with E-state index in [-0.39, 0.29) is 29.8 Å². The number of aldehydes is 1. The molecule has 0 aromatic carbocycles.